The van der Waals surface area contributed by atoms with Crippen LogP contribution in [0.15, 0.2) is 134 Å². The molecule has 5 atom stereocenters. The average molecular weight is 1390 g/mol. The quantitative estimate of drug-likeness (QED) is 0.0169. The van der Waals surface area contributed by atoms with Gasteiger partial charge in [-0.05, 0) is 135 Å². The molecule has 0 aromatic rings. The van der Waals surface area contributed by atoms with Crippen LogP contribution in [-0.2, 0) is 65.4 Å². The number of rotatable bonds is 67. The Kier molecular flexibility index (Phi) is 65.3. The SMILES string of the molecule is CC/C=C\C/C=C\C/C=C\C/C=C\C/C=C\C/C=C\CCC(=O)OCC(COP(=O)(O)OCC(O)COP(=O)(O)OCC(COC(=O)CCCCCCC/C=C\C/C=C\CCC)OC(=O)CCCCCCC/C=C\CCCC)OC(=O)CCCCCCC/C=C\C/C=C\CCC. The van der Waals surface area contributed by atoms with Gasteiger partial charge in [0.2, 0.25) is 0 Å². The summed E-state index contributed by atoms with van der Waals surface area (Å²) in [6.45, 7) is 4.43. The van der Waals surface area contributed by atoms with Gasteiger partial charge in [0.05, 0.1) is 26.4 Å². The van der Waals surface area contributed by atoms with Crippen molar-refractivity contribution in [3.05, 3.63) is 134 Å². The number of hydrogen-bond donors (Lipinski definition) is 3. The molecule has 17 nitrogen and oxygen atoms in total. The molecule has 3 N–H and O–H groups in total. The number of carbonyl (C=O) groups excluding carboxylic acids is 4. The Morgan fingerprint density at radius 2 is 0.583 bits per heavy atom. The minimum atomic E-state index is -4.99. The Hall–Kier alpha value is -4.80. The van der Waals surface area contributed by atoms with E-state index in [0.29, 0.717) is 32.1 Å². The topological polar surface area (TPSA) is 237 Å². The first-order valence-electron chi connectivity index (χ1n) is 36.4. The van der Waals surface area contributed by atoms with Gasteiger partial charge in [-0.2, -0.15) is 0 Å². The molecule has 0 spiro atoms. The lowest BCUT2D eigenvalue weighted by molar-refractivity contribution is -0.161. The lowest BCUT2D eigenvalue weighted by atomic mass is 10.1. The highest BCUT2D eigenvalue weighted by molar-refractivity contribution is 7.47. The molecule has 0 radical (unpaired) electrons. The molecule has 0 heterocycles. The summed E-state index contributed by atoms with van der Waals surface area (Å²) in [5.41, 5.74) is 0. The molecule has 5 unspecified atom stereocenters. The third-order valence-corrected chi connectivity index (χ3v) is 16.4. The molecule has 0 bridgehead atoms. The van der Waals surface area contributed by atoms with Crippen molar-refractivity contribution in [1.82, 2.24) is 0 Å². The number of esters is 4. The first kappa shape index (κ1) is 91.2. The van der Waals surface area contributed by atoms with E-state index in [2.05, 4.69) is 143 Å². The van der Waals surface area contributed by atoms with Gasteiger partial charge < -0.3 is 33.8 Å². The maximum absolute atomic E-state index is 13.0. The summed E-state index contributed by atoms with van der Waals surface area (Å²) in [5, 5.41) is 10.6. The zero-order chi connectivity index (χ0) is 70.4. The average Bonchev–Trinajstić information content (AvgIpc) is 1.17. The van der Waals surface area contributed by atoms with E-state index in [1.54, 1.807) is 0 Å². The minimum absolute atomic E-state index is 0.0296. The van der Waals surface area contributed by atoms with Crippen LogP contribution in [0.4, 0.5) is 0 Å². The summed E-state index contributed by atoms with van der Waals surface area (Å²) < 4.78 is 68.2. The second kappa shape index (κ2) is 68.7. The predicted molar refractivity (Wildman–Crippen MR) is 390 cm³/mol. The van der Waals surface area contributed by atoms with E-state index in [-0.39, 0.29) is 25.7 Å². The number of ether oxygens (including phenoxy) is 4. The number of allylic oxidation sites excluding steroid dienone is 22. The van der Waals surface area contributed by atoms with Crippen LogP contribution in [0.25, 0.3) is 0 Å². The number of aliphatic hydroxyl groups excluding tert-OH is 1. The van der Waals surface area contributed by atoms with Gasteiger partial charge in [-0.15, -0.1) is 0 Å². The van der Waals surface area contributed by atoms with E-state index in [4.69, 9.17) is 37.0 Å². The first-order chi connectivity index (χ1) is 46.7. The zero-order valence-corrected chi connectivity index (χ0v) is 61.3. The summed E-state index contributed by atoms with van der Waals surface area (Å²) >= 11 is 0. The fourth-order valence-electron chi connectivity index (χ4n) is 9.01. The predicted octanol–water partition coefficient (Wildman–Crippen LogP) is 20.5. The summed E-state index contributed by atoms with van der Waals surface area (Å²) in [4.78, 5) is 72.6. The molecule has 0 aliphatic heterocycles. The van der Waals surface area contributed by atoms with Crippen LogP contribution in [0.1, 0.15) is 272 Å². The van der Waals surface area contributed by atoms with Crippen molar-refractivity contribution in [2.24, 2.45) is 0 Å². The van der Waals surface area contributed by atoms with Crippen molar-refractivity contribution < 1.29 is 80.2 Å². The monoisotopic (exact) mass is 1390 g/mol. The number of carbonyl (C=O) groups is 4. The maximum Gasteiger partial charge on any atom is 0.472 e. The molecule has 0 aromatic carbocycles. The highest BCUT2D eigenvalue weighted by Gasteiger charge is 2.30. The van der Waals surface area contributed by atoms with Crippen molar-refractivity contribution in [3.8, 4) is 0 Å². The second-order valence-electron chi connectivity index (χ2n) is 23.8. The largest absolute Gasteiger partial charge is 0.472 e. The number of unbranched alkanes of at least 4 members (excludes halogenated alkanes) is 19. The Morgan fingerprint density at radius 3 is 0.948 bits per heavy atom. The Balaban J connectivity index is 5.41. The van der Waals surface area contributed by atoms with Gasteiger partial charge >= 0.3 is 39.5 Å². The van der Waals surface area contributed by atoms with Crippen molar-refractivity contribution in [3.63, 3.8) is 0 Å². The van der Waals surface area contributed by atoms with Gasteiger partial charge in [-0.1, -0.05) is 245 Å². The van der Waals surface area contributed by atoms with Gasteiger partial charge in [0.15, 0.2) is 12.2 Å². The fourth-order valence-corrected chi connectivity index (χ4v) is 10.6. The standard InChI is InChI=1S/C77H128O17P2/c1-5-9-13-17-21-25-29-32-33-34-35-36-37-40-43-46-50-54-58-62-75(80)88-68-73(94-77(82)64-60-56-52-48-44-39-31-27-23-19-15-11-7-3)70-92-96(85,86)90-66-71(78)65-89-95(83,84)91-69-72(93-76(81)63-59-55-51-47-41-28-24-20-16-12-8-4)67-87-74(79)61-57-53-49-45-42-38-30-26-22-18-14-10-6-2/h9,13-15,18-21,24-27,30-33,35-36,40,43,50,54,71-73,78H,5-8,10-12,16-17,22-23,28-29,34,37-39,41-42,44-49,51-53,55-70H2,1-4H3,(H,83,84)(H,85,86)/b13-9-,18-14-,19-15-,24-20-,25-21-,30-26-,31-27-,33-32-,36-35-,43-40-,54-50-. The summed E-state index contributed by atoms with van der Waals surface area (Å²) in [6.07, 6.45) is 74.8. The lowest BCUT2D eigenvalue weighted by Gasteiger charge is -2.21. The molecule has 0 saturated heterocycles. The van der Waals surface area contributed by atoms with Crippen LogP contribution >= 0.6 is 15.6 Å². The number of phosphoric acid groups is 2. The molecule has 0 aliphatic carbocycles. The lowest BCUT2D eigenvalue weighted by Crippen LogP contribution is -2.30. The van der Waals surface area contributed by atoms with E-state index < -0.39 is 97.5 Å². The van der Waals surface area contributed by atoms with Crippen molar-refractivity contribution >= 4 is 39.5 Å². The molecule has 0 aromatic heterocycles. The Morgan fingerprint density at radius 1 is 0.302 bits per heavy atom. The number of hydrogen-bond acceptors (Lipinski definition) is 15. The van der Waals surface area contributed by atoms with Gasteiger partial charge in [0.25, 0.3) is 0 Å². The Bertz CT molecular complexity index is 2350. The smallest absolute Gasteiger partial charge is 0.462 e. The van der Waals surface area contributed by atoms with Gasteiger partial charge in [0, 0.05) is 25.7 Å². The minimum Gasteiger partial charge on any atom is -0.462 e. The normalized spacial score (nSPS) is 14.8. The van der Waals surface area contributed by atoms with E-state index in [1.807, 2.05) is 18.2 Å². The van der Waals surface area contributed by atoms with E-state index in [1.165, 1.54) is 12.8 Å². The molecular weight excluding hydrogens is 1260 g/mol. The van der Waals surface area contributed by atoms with Crippen LogP contribution in [0.2, 0.25) is 0 Å². The van der Waals surface area contributed by atoms with Gasteiger partial charge in [0.1, 0.15) is 19.3 Å². The first-order valence-corrected chi connectivity index (χ1v) is 39.4. The van der Waals surface area contributed by atoms with Crippen LogP contribution in [0.5, 0.6) is 0 Å². The summed E-state index contributed by atoms with van der Waals surface area (Å²) in [6, 6.07) is 0. The Labute approximate surface area is 580 Å². The molecule has 0 saturated carbocycles. The van der Waals surface area contributed by atoms with Crippen LogP contribution < -0.4 is 0 Å². The van der Waals surface area contributed by atoms with Crippen LogP contribution in [-0.4, -0.2) is 96.7 Å². The number of aliphatic hydroxyl groups is 1. The summed E-state index contributed by atoms with van der Waals surface area (Å²) in [7, 11) is -9.97. The summed E-state index contributed by atoms with van der Waals surface area (Å²) in [5.74, 6) is -2.32. The third kappa shape index (κ3) is 67.8. The molecular formula is C77H128O17P2. The van der Waals surface area contributed by atoms with Crippen LogP contribution in [0, 0.1) is 0 Å². The van der Waals surface area contributed by atoms with E-state index >= 15 is 0 Å². The van der Waals surface area contributed by atoms with E-state index in [0.717, 1.165) is 173 Å². The third-order valence-electron chi connectivity index (χ3n) is 14.5. The number of phosphoric ester groups is 2. The molecule has 96 heavy (non-hydrogen) atoms. The van der Waals surface area contributed by atoms with Crippen molar-refractivity contribution in [2.45, 2.75) is 290 Å². The molecule has 0 aliphatic rings. The zero-order valence-electron chi connectivity index (χ0n) is 59.5. The molecule has 0 rings (SSSR count). The maximum atomic E-state index is 13.0. The van der Waals surface area contributed by atoms with Crippen molar-refractivity contribution in [2.75, 3.05) is 39.6 Å². The highest BCUT2D eigenvalue weighted by atomic mass is 31.2. The van der Waals surface area contributed by atoms with Gasteiger partial charge in [-0.3, -0.25) is 37.3 Å². The molecule has 548 valence electrons. The van der Waals surface area contributed by atoms with Crippen LogP contribution in [0.3, 0.4) is 0 Å². The second-order valence-corrected chi connectivity index (χ2v) is 26.7. The highest BCUT2D eigenvalue weighted by Crippen LogP contribution is 2.45. The molecule has 0 fully saturated rings. The van der Waals surface area contributed by atoms with Crippen molar-refractivity contribution in [1.29, 1.82) is 0 Å². The van der Waals surface area contributed by atoms with Gasteiger partial charge in [-0.25, -0.2) is 9.13 Å². The molecule has 19 heteroatoms. The van der Waals surface area contributed by atoms with E-state index in [9.17, 15) is 43.2 Å². The fraction of sp³-hybridized carbons (Fsp3) is 0.662. The molecule has 0 amide bonds.